The summed E-state index contributed by atoms with van der Waals surface area (Å²) in [5, 5.41) is 8.81. The Morgan fingerprint density at radius 2 is 1.85 bits per heavy atom. The topological polar surface area (TPSA) is 99.3 Å². The third-order valence-electron chi connectivity index (χ3n) is 5.80. The Morgan fingerprint density at radius 1 is 1.12 bits per heavy atom. The van der Waals surface area contributed by atoms with E-state index >= 15 is 0 Å². The summed E-state index contributed by atoms with van der Waals surface area (Å²) in [5.41, 5.74) is 2.94. The van der Waals surface area contributed by atoms with Gasteiger partial charge in [-0.3, -0.25) is 4.79 Å². The molecule has 9 nitrogen and oxygen atoms in total. The minimum Gasteiger partial charge on any atom is -0.379 e. The van der Waals surface area contributed by atoms with E-state index in [1.54, 1.807) is 18.2 Å². The first-order valence-corrected chi connectivity index (χ1v) is 13.0. The molecule has 2 aromatic heterocycles. The smallest absolute Gasteiger partial charge is 0.243 e. The molecule has 3 heterocycles. The van der Waals surface area contributed by atoms with Crippen molar-refractivity contribution in [1.29, 1.82) is 0 Å². The summed E-state index contributed by atoms with van der Waals surface area (Å²) in [6, 6.07) is 8.70. The van der Waals surface area contributed by atoms with Gasteiger partial charge in [0.15, 0.2) is 10.9 Å². The van der Waals surface area contributed by atoms with Gasteiger partial charge in [0.25, 0.3) is 0 Å². The summed E-state index contributed by atoms with van der Waals surface area (Å²) in [7, 11) is -1.75. The Bertz CT molecular complexity index is 1290. The Morgan fingerprint density at radius 3 is 2.52 bits per heavy atom. The van der Waals surface area contributed by atoms with Gasteiger partial charge >= 0.3 is 0 Å². The van der Waals surface area contributed by atoms with Crippen molar-refractivity contribution in [2.45, 2.75) is 30.8 Å². The maximum absolute atomic E-state index is 13.1. The van der Waals surface area contributed by atoms with Crippen LogP contribution in [-0.2, 0) is 21.8 Å². The highest BCUT2D eigenvalue weighted by Crippen LogP contribution is 2.26. The van der Waals surface area contributed by atoms with Crippen LogP contribution in [0.15, 0.2) is 40.4 Å². The number of benzene rings is 1. The number of ether oxygens (including phenoxy) is 1. The van der Waals surface area contributed by atoms with Crippen LogP contribution in [-0.4, -0.2) is 69.9 Å². The van der Waals surface area contributed by atoms with E-state index in [1.807, 2.05) is 49.1 Å². The second kappa shape index (κ2) is 9.41. The van der Waals surface area contributed by atoms with E-state index < -0.39 is 10.0 Å². The molecule has 0 unspecified atom stereocenters. The van der Waals surface area contributed by atoms with Gasteiger partial charge in [0.2, 0.25) is 10.0 Å². The van der Waals surface area contributed by atoms with Gasteiger partial charge in [-0.1, -0.05) is 17.8 Å². The standard InChI is InChI=1S/C22H27N5O4S2/c1-15-12-20(21(28)14-32-22-24-23-17(3)25(22)4)16(2)27(15)18-6-5-7-19(13-18)33(29,30)26-8-10-31-11-9-26/h5-7,12-13H,8-11,14H2,1-4H3. The zero-order valence-electron chi connectivity index (χ0n) is 19.1. The molecule has 1 aliphatic heterocycles. The van der Waals surface area contributed by atoms with Gasteiger partial charge < -0.3 is 13.9 Å². The van der Waals surface area contributed by atoms with Crippen LogP contribution in [0.3, 0.4) is 0 Å². The molecule has 0 spiro atoms. The number of morpholine rings is 1. The van der Waals surface area contributed by atoms with E-state index in [0.717, 1.165) is 17.2 Å². The minimum absolute atomic E-state index is 0.0166. The molecule has 0 N–H and O–H groups in total. The van der Waals surface area contributed by atoms with Crippen LogP contribution in [0, 0.1) is 20.8 Å². The highest BCUT2D eigenvalue weighted by atomic mass is 32.2. The number of nitrogens with zero attached hydrogens (tertiary/aromatic N) is 5. The van der Waals surface area contributed by atoms with Crippen molar-refractivity contribution < 1.29 is 17.9 Å². The predicted octanol–water partition coefficient (Wildman–Crippen LogP) is 2.53. The number of Topliss-reactive ketones (excluding diaryl/α,β-unsaturated/α-hetero) is 1. The van der Waals surface area contributed by atoms with Gasteiger partial charge in [0, 0.05) is 42.8 Å². The van der Waals surface area contributed by atoms with E-state index in [0.29, 0.717) is 42.7 Å². The molecule has 0 radical (unpaired) electrons. The van der Waals surface area contributed by atoms with Gasteiger partial charge in [0.05, 0.1) is 23.9 Å². The Balaban J connectivity index is 1.59. The molecule has 1 fully saturated rings. The third-order valence-corrected chi connectivity index (χ3v) is 8.72. The molecule has 0 amide bonds. The summed E-state index contributed by atoms with van der Waals surface area (Å²) in [6.07, 6.45) is 0. The van der Waals surface area contributed by atoms with E-state index in [4.69, 9.17) is 4.74 Å². The summed E-state index contributed by atoms with van der Waals surface area (Å²) < 4.78 is 36.7. The maximum Gasteiger partial charge on any atom is 0.243 e. The quantitative estimate of drug-likeness (QED) is 0.371. The van der Waals surface area contributed by atoms with Gasteiger partial charge in [0.1, 0.15) is 5.82 Å². The first-order valence-electron chi connectivity index (χ1n) is 10.6. The van der Waals surface area contributed by atoms with Crippen LogP contribution in [0.25, 0.3) is 5.69 Å². The van der Waals surface area contributed by atoms with Crippen molar-refractivity contribution in [3.05, 3.63) is 53.1 Å². The maximum atomic E-state index is 13.1. The number of hydrogen-bond donors (Lipinski definition) is 0. The molecule has 3 aromatic rings. The molecular formula is C22H27N5O4S2. The number of sulfonamides is 1. The Hall–Kier alpha value is -2.47. The largest absolute Gasteiger partial charge is 0.379 e. The molecule has 1 saturated heterocycles. The van der Waals surface area contributed by atoms with E-state index in [-0.39, 0.29) is 16.4 Å². The fraction of sp³-hybridized carbons (Fsp3) is 0.409. The van der Waals surface area contributed by atoms with Crippen LogP contribution in [0.2, 0.25) is 0 Å². The van der Waals surface area contributed by atoms with Gasteiger partial charge in [-0.05, 0) is 45.0 Å². The average Bonchev–Trinajstić information content (AvgIpc) is 3.30. The van der Waals surface area contributed by atoms with E-state index in [1.165, 1.54) is 16.1 Å². The van der Waals surface area contributed by atoms with Gasteiger partial charge in [-0.25, -0.2) is 8.42 Å². The van der Waals surface area contributed by atoms with E-state index in [2.05, 4.69) is 10.2 Å². The van der Waals surface area contributed by atoms with Crippen molar-refractivity contribution in [3.8, 4) is 5.69 Å². The summed E-state index contributed by atoms with van der Waals surface area (Å²) >= 11 is 1.35. The molecule has 1 aromatic carbocycles. The molecule has 1 aliphatic rings. The third kappa shape index (κ3) is 4.63. The van der Waals surface area contributed by atoms with E-state index in [9.17, 15) is 13.2 Å². The number of carbonyl (C=O) groups excluding carboxylic acids is 1. The molecule has 4 rings (SSSR count). The van der Waals surface area contributed by atoms with Crippen LogP contribution >= 0.6 is 11.8 Å². The van der Waals surface area contributed by atoms with Crippen LogP contribution < -0.4 is 0 Å². The first-order chi connectivity index (χ1) is 15.7. The normalized spacial score (nSPS) is 15.2. The second-order valence-electron chi connectivity index (χ2n) is 7.93. The average molecular weight is 490 g/mol. The number of thioether (sulfide) groups is 1. The molecule has 0 bridgehead atoms. The first kappa shape index (κ1) is 23.7. The lowest BCUT2D eigenvalue weighted by Gasteiger charge is -2.26. The highest BCUT2D eigenvalue weighted by molar-refractivity contribution is 7.99. The molecule has 11 heteroatoms. The van der Waals surface area contributed by atoms with Gasteiger partial charge in [-0.2, -0.15) is 4.31 Å². The van der Waals surface area contributed by atoms with Crippen molar-refractivity contribution in [3.63, 3.8) is 0 Å². The molecule has 0 atom stereocenters. The number of aryl methyl sites for hydroxylation is 2. The van der Waals surface area contributed by atoms with Crippen molar-refractivity contribution in [2.24, 2.45) is 7.05 Å². The van der Waals surface area contributed by atoms with Gasteiger partial charge in [-0.15, -0.1) is 10.2 Å². The summed E-state index contributed by atoms with van der Waals surface area (Å²) in [5.74, 6) is 1.01. The number of carbonyl (C=O) groups is 1. The van der Waals surface area contributed by atoms with Crippen LogP contribution in [0.1, 0.15) is 27.6 Å². The molecule has 176 valence electrons. The van der Waals surface area contributed by atoms with Crippen LogP contribution in [0.5, 0.6) is 0 Å². The van der Waals surface area contributed by atoms with Crippen LogP contribution in [0.4, 0.5) is 0 Å². The molecule has 0 saturated carbocycles. The van der Waals surface area contributed by atoms with Crippen molar-refractivity contribution in [1.82, 2.24) is 23.6 Å². The fourth-order valence-electron chi connectivity index (χ4n) is 3.88. The lowest BCUT2D eigenvalue weighted by atomic mass is 10.2. The zero-order chi connectivity index (χ0) is 23.8. The van der Waals surface area contributed by atoms with Crippen molar-refractivity contribution in [2.75, 3.05) is 32.1 Å². The second-order valence-corrected chi connectivity index (χ2v) is 10.8. The molecule has 0 aliphatic carbocycles. The lowest BCUT2D eigenvalue weighted by Crippen LogP contribution is -2.40. The monoisotopic (exact) mass is 489 g/mol. The highest BCUT2D eigenvalue weighted by Gasteiger charge is 2.27. The predicted molar refractivity (Wildman–Crippen MR) is 126 cm³/mol. The number of hydrogen-bond acceptors (Lipinski definition) is 7. The number of ketones is 1. The Labute approximate surface area is 197 Å². The summed E-state index contributed by atoms with van der Waals surface area (Å²) in [4.78, 5) is 13.2. The Kier molecular flexibility index (Phi) is 6.76. The van der Waals surface area contributed by atoms with Crippen molar-refractivity contribution >= 4 is 27.6 Å². The SMILES string of the molecule is Cc1nnc(SCC(=O)c2cc(C)n(-c3cccc(S(=O)(=O)N4CCOCC4)c3)c2C)n1C. The molecular weight excluding hydrogens is 462 g/mol. The zero-order valence-corrected chi connectivity index (χ0v) is 20.7. The minimum atomic E-state index is -3.61. The fourth-order valence-corrected chi connectivity index (χ4v) is 6.17. The number of aromatic nitrogens is 4. The summed E-state index contributed by atoms with van der Waals surface area (Å²) in [6.45, 7) is 7.12. The number of rotatable bonds is 7. The molecule has 33 heavy (non-hydrogen) atoms. The lowest BCUT2D eigenvalue weighted by molar-refractivity contribution is 0.0730.